The molecule has 0 saturated heterocycles. The molecule has 2 aromatic carbocycles. The molecule has 9 nitrogen and oxygen atoms in total. The second-order valence-electron chi connectivity index (χ2n) is 9.17. The molecule has 3 aromatic rings. The highest BCUT2D eigenvalue weighted by Crippen LogP contribution is 2.40. The number of imide groups is 1. The van der Waals surface area contributed by atoms with Crippen LogP contribution in [0.15, 0.2) is 66.4 Å². The molecule has 9 heteroatoms. The SMILES string of the molecule is CC.COc1ccc(CN2C(=O)C(C)=C(c3cc(/C=C\C=O)c(N(C)Cc4ccccn4)cc3OC)C2=O)cc1OC. The van der Waals surface area contributed by atoms with E-state index < -0.39 is 11.8 Å². The Balaban J connectivity index is 0.00000237. The lowest BCUT2D eigenvalue weighted by Crippen LogP contribution is -2.31. The molecular formula is C33H37N3O6. The Labute approximate surface area is 247 Å². The number of amides is 2. The van der Waals surface area contributed by atoms with Crippen LogP contribution in [0.1, 0.15) is 43.2 Å². The summed E-state index contributed by atoms with van der Waals surface area (Å²) in [7, 11) is 6.48. The molecule has 1 aromatic heterocycles. The van der Waals surface area contributed by atoms with E-state index in [0.717, 1.165) is 11.4 Å². The van der Waals surface area contributed by atoms with Crippen LogP contribution in [0.2, 0.25) is 0 Å². The van der Waals surface area contributed by atoms with E-state index >= 15 is 0 Å². The van der Waals surface area contributed by atoms with Gasteiger partial charge in [-0.15, -0.1) is 0 Å². The highest BCUT2D eigenvalue weighted by Gasteiger charge is 2.38. The average molecular weight is 572 g/mol. The van der Waals surface area contributed by atoms with Crippen molar-refractivity contribution in [3.63, 3.8) is 0 Å². The van der Waals surface area contributed by atoms with E-state index in [1.165, 1.54) is 32.3 Å². The van der Waals surface area contributed by atoms with Gasteiger partial charge in [0.05, 0.1) is 45.7 Å². The molecule has 0 aliphatic carbocycles. The van der Waals surface area contributed by atoms with Crippen molar-refractivity contribution in [2.24, 2.45) is 0 Å². The third kappa shape index (κ3) is 6.68. The van der Waals surface area contributed by atoms with E-state index in [1.807, 2.05) is 44.0 Å². The summed E-state index contributed by atoms with van der Waals surface area (Å²) in [4.78, 5) is 45.8. The molecule has 0 N–H and O–H groups in total. The number of benzene rings is 2. The van der Waals surface area contributed by atoms with Gasteiger partial charge in [0.2, 0.25) is 0 Å². The Hall–Kier alpha value is -4.92. The van der Waals surface area contributed by atoms with Crippen molar-refractivity contribution < 1.29 is 28.6 Å². The van der Waals surface area contributed by atoms with Crippen molar-refractivity contribution in [2.75, 3.05) is 33.3 Å². The number of carbonyl (C=O) groups is 3. The van der Waals surface area contributed by atoms with Gasteiger partial charge in [0, 0.05) is 36.1 Å². The number of aromatic nitrogens is 1. The minimum absolute atomic E-state index is 0.0595. The smallest absolute Gasteiger partial charge is 0.262 e. The second kappa shape index (κ2) is 14.6. The highest BCUT2D eigenvalue weighted by atomic mass is 16.5. The number of methoxy groups -OCH3 is 3. The molecular weight excluding hydrogens is 534 g/mol. The van der Waals surface area contributed by atoms with Crippen LogP contribution in [-0.2, 0) is 27.5 Å². The Kier molecular flexibility index (Phi) is 11.0. The van der Waals surface area contributed by atoms with Gasteiger partial charge in [-0.05, 0) is 60.5 Å². The fraction of sp³-hybridized carbons (Fsp3) is 0.273. The van der Waals surface area contributed by atoms with E-state index in [-0.39, 0.29) is 12.1 Å². The third-order valence-corrected chi connectivity index (χ3v) is 6.70. The number of carbonyl (C=O) groups excluding carboxylic acids is 3. The van der Waals surface area contributed by atoms with Crippen molar-refractivity contribution in [3.8, 4) is 17.2 Å². The second-order valence-corrected chi connectivity index (χ2v) is 9.17. The predicted octanol–water partition coefficient (Wildman–Crippen LogP) is 5.32. The summed E-state index contributed by atoms with van der Waals surface area (Å²) in [5.41, 5.74) is 4.04. The van der Waals surface area contributed by atoms with Crippen molar-refractivity contribution in [1.82, 2.24) is 9.88 Å². The first-order valence-electron chi connectivity index (χ1n) is 13.6. The average Bonchev–Trinajstić information content (AvgIpc) is 3.23. The molecule has 42 heavy (non-hydrogen) atoms. The molecule has 2 amide bonds. The van der Waals surface area contributed by atoms with Gasteiger partial charge in [-0.1, -0.05) is 26.0 Å². The maximum absolute atomic E-state index is 13.7. The Morgan fingerprint density at radius 3 is 2.24 bits per heavy atom. The van der Waals surface area contributed by atoms with Crippen molar-refractivity contribution >= 4 is 35.4 Å². The van der Waals surface area contributed by atoms with Gasteiger partial charge in [0.25, 0.3) is 11.8 Å². The maximum atomic E-state index is 13.7. The van der Waals surface area contributed by atoms with Crippen LogP contribution in [0.4, 0.5) is 5.69 Å². The lowest BCUT2D eigenvalue weighted by Gasteiger charge is -2.24. The van der Waals surface area contributed by atoms with Gasteiger partial charge in [-0.2, -0.15) is 0 Å². The molecule has 1 aliphatic rings. The third-order valence-electron chi connectivity index (χ3n) is 6.70. The van der Waals surface area contributed by atoms with Gasteiger partial charge >= 0.3 is 0 Å². The van der Waals surface area contributed by atoms with E-state index in [0.29, 0.717) is 52.3 Å². The van der Waals surface area contributed by atoms with Crippen LogP contribution >= 0.6 is 0 Å². The lowest BCUT2D eigenvalue weighted by atomic mass is 9.97. The minimum atomic E-state index is -0.435. The van der Waals surface area contributed by atoms with Crippen molar-refractivity contribution in [2.45, 2.75) is 33.9 Å². The summed E-state index contributed by atoms with van der Waals surface area (Å²) in [6, 6.07) is 14.5. The molecule has 0 saturated carbocycles. The van der Waals surface area contributed by atoms with Crippen LogP contribution in [0.5, 0.6) is 17.2 Å². The molecule has 0 atom stereocenters. The Morgan fingerprint density at radius 1 is 0.905 bits per heavy atom. The van der Waals surface area contributed by atoms with Crippen LogP contribution < -0.4 is 19.1 Å². The summed E-state index contributed by atoms with van der Waals surface area (Å²) in [5.74, 6) is 0.653. The van der Waals surface area contributed by atoms with Crippen LogP contribution in [0.3, 0.4) is 0 Å². The summed E-state index contributed by atoms with van der Waals surface area (Å²) in [6.45, 7) is 6.19. The fourth-order valence-corrected chi connectivity index (χ4v) is 4.70. The Morgan fingerprint density at radius 2 is 1.62 bits per heavy atom. The largest absolute Gasteiger partial charge is 0.496 e. The number of allylic oxidation sites excluding steroid dienone is 1. The van der Waals surface area contributed by atoms with Crippen LogP contribution in [0.25, 0.3) is 11.6 Å². The van der Waals surface area contributed by atoms with E-state index in [4.69, 9.17) is 14.2 Å². The standard InChI is InChI=1S/C31H31N3O6.C2H6/c1-20-29(31(37)34(30(20)36)18-21-11-12-26(38-3)28(15-21)40-5)24-16-22(9-8-14-35)25(17-27(24)39-4)33(2)19-23-10-6-7-13-32-23;1-2/h6-17H,18-19H2,1-5H3;1-2H3/b9-8-;. The van der Waals surface area contributed by atoms with E-state index in [1.54, 1.807) is 49.5 Å². The van der Waals surface area contributed by atoms with Gasteiger partial charge < -0.3 is 19.1 Å². The van der Waals surface area contributed by atoms with Gasteiger partial charge in [0.1, 0.15) is 12.0 Å². The Bertz CT molecular complexity index is 1500. The molecule has 0 bridgehead atoms. The number of aldehydes is 1. The van der Waals surface area contributed by atoms with E-state index in [9.17, 15) is 14.4 Å². The normalized spacial score (nSPS) is 12.8. The summed E-state index contributed by atoms with van der Waals surface area (Å²) in [6.07, 6.45) is 5.46. The minimum Gasteiger partial charge on any atom is -0.496 e. The highest BCUT2D eigenvalue weighted by molar-refractivity contribution is 6.36. The molecule has 0 fully saturated rings. The topological polar surface area (TPSA) is 98.3 Å². The van der Waals surface area contributed by atoms with E-state index in [2.05, 4.69) is 4.98 Å². The first-order chi connectivity index (χ1) is 20.3. The molecule has 1 aliphatic heterocycles. The lowest BCUT2D eigenvalue weighted by molar-refractivity contribution is -0.137. The van der Waals surface area contributed by atoms with Crippen molar-refractivity contribution in [1.29, 1.82) is 0 Å². The first kappa shape index (κ1) is 31.6. The fourth-order valence-electron chi connectivity index (χ4n) is 4.70. The zero-order valence-corrected chi connectivity index (χ0v) is 25.1. The molecule has 2 heterocycles. The number of hydrogen-bond donors (Lipinski definition) is 0. The quantitative estimate of drug-likeness (QED) is 0.173. The summed E-state index contributed by atoms with van der Waals surface area (Å²) >= 11 is 0. The summed E-state index contributed by atoms with van der Waals surface area (Å²) < 4.78 is 16.4. The summed E-state index contributed by atoms with van der Waals surface area (Å²) in [5, 5.41) is 0. The molecule has 0 unspecified atom stereocenters. The number of nitrogens with zero attached hydrogens (tertiary/aromatic N) is 3. The van der Waals surface area contributed by atoms with Crippen LogP contribution in [0, 0.1) is 0 Å². The zero-order valence-electron chi connectivity index (χ0n) is 25.1. The predicted molar refractivity (Wildman–Crippen MR) is 163 cm³/mol. The molecule has 4 rings (SSSR count). The molecule has 220 valence electrons. The van der Waals surface area contributed by atoms with Gasteiger partial charge in [-0.3, -0.25) is 24.3 Å². The number of pyridine rings is 1. The number of hydrogen-bond acceptors (Lipinski definition) is 8. The van der Waals surface area contributed by atoms with Crippen LogP contribution in [-0.4, -0.2) is 56.4 Å². The first-order valence-corrected chi connectivity index (χ1v) is 13.6. The maximum Gasteiger partial charge on any atom is 0.262 e. The molecule has 0 spiro atoms. The monoisotopic (exact) mass is 571 g/mol. The zero-order chi connectivity index (χ0) is 30.8. The number of anilines is 1. The molecule has 0 radical (unpaired) electrons. The van der Waals surface area contributed by atoms with Gasteiger partial charge in [0.15, 0.2) is 11.5 Å². The number of rotatable bonds is 11. The van der Waals surface area contributed by atoms with Gasteiger partial charge in [-0.25, -0.2) is 0 Å². The van der Waals surface area contributed by atoms with Crippen molar-refractivity contribution in [3.05, 3.63) is 88.8 Å². The number of ether oxygens (including phenoxy) is 3.